The van der Waals surface area contributed by atoms with Gasteiger partial charge in [-0.05, 0) is 70.4 Å². The maximum atomic E-state index is 3.62. The summed E-state index contributed by atoms with van der Waals surface area (Å²) >= 11 is 0. The van der Waals surface area contributed by atoms with E-state index in [9.17, 15) is 0 Å². The van der Waals surface area contributed by atoms with Crippen molar-refractivity contribution in [1.82, 2.24) is 9.55 Å². The molecule has 0 atom stereocenters. The van der Waals surface area contributed by atoms with Crippen molar-refractivity contribution in [3.63, 3.8) is 0 Å². The number of benzene rings is 6. The van der Waals surface area contributed by atoms with Crippen molar-refractivity contribution in [2.45, 2.75) is 27.7 Å². The van der Waals surface area contributed by atoms with E-state index in [0.717, 1.165) is 0 Å². The average Bonchev–Trinajstić information content (AvgIpc) is 3.58. The van der Waals surface area contributed by atoms with Crippen LogP contribution in [0.1, 0.15) is 27.7 Å². The van der Waals surface area contributed by atoms with Crippen LogP contribution in [0.25, 0.3) is 71.2 Å². The number of H-pyrrole nitrogens is 1. The van der Waals surface area contributed by atoms with Gasteiger partial charge in [0, 0.05) is 38.3 Å². The summed E-state index contributed by atoms with van der Waals surface area (Å²) in [5, 5.41) is 7.68. The Morgan fingerprint density at radius 2 is 1.05 bits per heavy atom. The van der Waals surface area contributed by atoms with Crippen molar-refractivity contribution in [3.8, 4) is 16.8 Å². The largest absolute Gasteiger partial charge is 0.354 e. The minimum atomic E-state index is 1.17. The van der Waals surface area contributed by atoms with Crippen LogP contribution in [0.2, 0.25) is 0 Å². The standard InChI is InChI=1S/C34H22N2.2C2H6/c1-2-9-25(10-3-1)36-32-13-7-6-12-27(32)28-20-24(16-19-33(28)36)23-15-17-30-29(21-23)34-26-11-5-4-8-22(26)14-18-31(34)35-30;2*1-2/h1-21,35H;2*1-2H3. The first kappa shape index (κ1) is 25.5. The second-order valence-corrected chi connectivity index (χ2v) is 9.51. The summed E-state index contributed by atoms with van der Waals surface area (Å²) in [5.41, 5.74) is 8.46. The van der Waals surface area contributed by atoms with Crippen LogP contribution in [0.3, 0.4) is 0 Å². The molecule has 1 N–H and O–H groups in total. The zero-order valence-corrected chi connectivity index (χ0v) is 23.6. The third-order valence-corrected chi connectivity index (χ3v) is 7.51. The number of aromatic nitrogens is 2. The monoisotopic (exact) mass is 518 g/mol. The second kappa shape index (κ2) is 10.7. The van der Waals surface area contributed by atoms with Gasteiger partial charge < -0.3 is 9.55 Å². The van der Waals surface area contributed by atoms with Gasteiger partial charge in [-0.15, -0.1) is 0 Å². The van der Waals surface area contributed by atoms with Crippen molar-refractivity contribution in [3.05, 3.63) is 127 Å². The Hall–Kier alpha value is -4.82. The molecule has 0 spiro atoms. The van der Waals surface area contributed by atoms with Crippen molar-refractivity contribution in [1.29, 1.82) is 0 Å². The van der Waals surface area contributed by atoms with Gasteiger partial charge in [0.15, 0.2) is 0 Å². The molecule has 0 aliphatic carbocycles. The van der Waals surface area contributed by atoms with Crippen LogP contribution in [0.5, 0.6) is 0 Å². The van der Waals surface area contributed by atoms with E-state index in [-0.39, 0.29) is 0 Å². The number of hydrogen-bond acceptors (Lipinski definition) is 0. The molecule has 6 aromatic carbocycles. The Kier molecular flexibility index (Phi) is 6.84. The van der Waals surface area contributed by atoms with E-state index >= 15 is 0 Å². The SMILES string of the molecule is CC.CC.c1ccc(-n2c3ccccc3c3cc(-c4ccc5[nH]c6ccc7ccccc7c6c5c4)ccc32)cc1. The molecule has 0 amide bonds. The van der Waals surface area contributed by atoms with Crippen LogP contribution in [0.4, 0.5) is 0 Å². The van der Waals surface area contributed by atoms with Gasteiger partial charge in [0.2, 0.25) is 0 Å². The molecule has 0 aliphatic heterocycles. The molecule has 2 heterocycles. The Labute approximate surface area is 235 Å². The topological polar surface area (TPSA) is 20.7 Å². The van der Waals surface area contributed by atoms with Crippen LogP contribution in [-0.2, 0) is 0 Å². The normalized spacial score (nSPS) is 11.0. The Balaban J connectivity index is 0.000000694. The molecule has 196 valence electrons. The third kappa shape index (κ3) is 4.04. The Morgan fingerprint density at radius 3 is 1.85 bits per heavy atom. The van der Waals surface area contributed by atoms with Crippen molar-refractivity contribution in [2.75, 3.05) is 0 Å². The van der Waals surface area contributed by atoms with Gasteiger partial charge >= 0.3 is 0 Å². The predicted octanol–water partition coefficient (Wildman–Crippen LogP) is 11.3. The molecule has 40 heavy (non-hydrogen) atoms. The van der Waals surface area contributed by atoms with E-state index in [0.29, 0.717) is 0 Å². The van der Waals surface area contributed by atoms with Gasteiger partial charge in [-0.2, -0.15) is 0 Å². The number of aromatic amines is 1. The first-order chi connectivity index (χ1) is 19.8. The highest BCUT2D eigenvalue weighted by Gasteiger charge is 2.14. The number of para-hydroxylation sites is 2. The maximum absolute atomic E-state index is 3.62. The molecule has 0 fully saturated rings. The van der Waals surface area contributed by atoms with Gasteiger partial charge in [-0.25, -0.2) is 0 Å². The van der Waals surface area contributed by atoms with Crippen LogP contribution < -0.4 is 0 Å². The van der Waals surface area contributed by atoms with E-state index in [1.165, 1.54) is 71.2 Å². The smallest absolute Gasteiger partial charge is 0.0541 e. The average molecular weight is 519 g/mol. The molecule has 2 nitrogen and oxygen atoms in total. The van der Waals surface area contributed by atoms with Crippen molar-refractivity contribution in [2.24, 2.45) is 0 Å². The summed E-state index contributed by atoms with van der Waals surface area (Å²) < 4.78 is 2.36. The quantitative estimate of drug-likeness (QED) is 0.235. The number of nitrogens with one attached hydrogen (secondary N) is 1. The second-order valence-electron chi connectivity index (χ2n) is 9.51. The highest BCUT2D eigenvalue weighted by molar-refractivity contribution is 6.20. The van der Waals surface area contributed by atoms with Gasteiger partial charge in [0.25, 0.3) is 0 Å². The summed E-state index contributed by atoms with van der Waals surface area (Å²) in [4.78, 5) is 3.62. The zero-order chi connectivity index (χ0) is 27.6. The lowest BCUT2D eigenvalue weighted by Crippen LogP contribution is -1.92. The summed E-state index contributed by atoms with van der Waals surface area (Å²) in [6.07, 6.45) is 0. The van der Waals surface area contributed by atoms with Crippen LogP contribution in [0.15, 0.2) is 127 Å². The number of rotatable bonds is 2. The Morgan fingerprint density at radius 1 is 0.450 bits per heavy atom. The fourth-order valence-corrected chi connectivity index (χ4v) is 5.86. The minimum absolute atomic E-state index is 1.17. The summed E-state index contributed by atoms with van der Waals surface area (Å²) in [5.74, 6) is 0. The van der Waals surface area contributed by atoms with Crippen molar-refractivity contribution >= 4 is 54.4 Å². The zero-order valence-electron chi connectivity index (χ0n) is 23.6. The van der Waals surface area contributed by atoms with E-state index in [2.05, 4.69) is 137 Å². The first-order valence-corrected chi connectivity index (χ1v) is 14.4. The van der Waals surface area contributed by atoms with Gasteiger partial charge in [0.1, 0.15) is 0 Å². The van der Waals surface area contributed by atoms with Crippen molar-refractivity contribution < 1.29 is 0 Å². The molecule has 0 aliphatic rings. The van der Waals surface area contributed by atoms with E-state index < -0.39 is 0 Å². The number of nitrogens with zero attached hydrogens (tertiary/aromatic N) is 1. The molecular formula is C38H34N2. The number of hydrogen-bond donors (Lipinski definition) is 1. The molecule has 0 bridgehead atoms. The molecule has 0 radical (unpaired) electrons. The fourth-order valence-electron chi connectivity index (χ4n) is 5.86. The van der Waals surface area contributed by atoms with Gasteiger partial charge in [-0.3, -0.25) is 0 Å². The minimum Gasteiger partial charge on any atom is -0.354 e. The summed E-state index contributed by atoms with van der Waals surface area (Å²) in [6, 6.07) is 46.0. The molecule has 0 unspecified atom stereocenters. The van der Waals surface area contributed by atoms with Crippen LogP contribution in [-0.4, -0.2) is 9.55 Å². The highest BCUT2D eigenvalue weighted by Crippen LogP contribution is 2.37. The lowest BCUT2D eigenvalue weighted by Gasteiger charge is -2.08. The molecule has 0 saturated carbocycles. The fraction of sp³-hybridized carbons (Fsp3) is 0.105. The highest BCUT2D eigenvalue weighted by atomic mass is 15.0. The van der Waals surface area contributed by atoms with Crippen LogP contribution in [0, 0.1) is 0 Å². The number of fused-ring (bicyclic) bond motifs is 8. The molecule has 2 aromatic heterocycles. The molecule has 0 saturated heterocycles. The van der Waals surface area contributed by atoms with E-state index in [1.54, 1.807) is 0 Å². The summed E-state index contributed by atoms with van der Waals surface area (Å²) in [6.45, 7) is 8.00. The summed E-state index contributed by atoms with van der Waals surface area (Å²) in [7, 11) is 0. The third-order valence-electron chi connectivity index (χ3n) is 7.51. The lowest BCUT2D eigenvalue weighted by atomic mass is 9.99. The molecule has 8 rings (SSSR count). The lowest BCUT2D eigenvalue weighted by molar-refractivity contribution is 1.18. The van der Waals surface area contributed by atoms with Crippen LogP contribution >= 0.6 is 0 Å². The maximum Gasteiger partial charge on any atom is 0.0541 e. The molecule has 2 heteroatoms. The van der Waals surface area contributed by atoms with E-state index in [1.807, 2.05) is 27.7 Å². The molecule has 8 aromatic rings. The van der Waals surface area contributed by atoms with E-state index in [4.69, 9.17) is 0 Å². The predicted molar refractivity (Wildman–Crippen MR) is 176 cm³/mol. The van der Waals surface area contributed by atoms with Gasteiger partial charge in [0.05, 0.1) is 11.0 Å². The first-order valence-electron chi connectivity index (χ1n) is 14.4. The van der Waals surface area contributed by atoms with Gasteiger partial charge in [-0.1, -0.05) is 107 Å². The molecular weight excluding hydrogens is 484 g/mol. The Bertz CT molecular complexity index is 2090.